The van der Waals surface area contributed by atoms with Crippen LogP contribution in [0.1, 0.15) is 25.0 Å². The molecule has 0 aromatic heterocycles. The SMILES string of the molecule is CCN(CC)S(=O)(=O)c1cc(C)ccc1NC(=S)Nc1cccc(Cl)c1C. The molecule has 0 aliphatic rings. The Balaban J connectivity index is 2.34. The van der Waals surface area contributed by atoms with Crippen LogP contribution in [-0.4, -0.2) is 30.9 Å². The molecule has 2 aromatic carbocycles. The molecule has 0 radical (unpaired) electrons. The standard InChI is InChI=1S/C19H24ClN3O2S2/c1-5-23(6-2)27(24,25)18-12-13(3)10-11-17(18)22-19(26)21-16-9-7-8-15(20)14(16)4/h7-12H,5-6H2,1-4H3,(H2,21,22,26). The molecule has 2 N–H and O–H groups in total. The van der Waals surface area contributed by atoms with E-state index in [0.29, 0.717) is 28.9 Å². The van der Waals surface area contributed by atoms with Gasteiger partial charge in [0.15, 0.2) is 5.11 Å². The van der Waals surface area contributed by atoms with Gasteiger partial charge in [0.2, 0.25) is 10.0 Å². The van der Waals surface area contributed by atoms with Crippen molar-refractivity contribution in [2.45, 2.75) is 32.6 Å². The van der Waals surface area contributed by atoms with Gasteiger partial charge >= 0.3 is 0 Å². The van der Waals surface area contributed by atoms with Gasteiger partial charge in [-0.15, -0.1) is 0 Å². The lowest BCUT2D eigenvalue weighted by atomic mass is 10.2. The van der Waals surface area contributed by atoms with Crippen LogP contribution in [-0.2, 0) is 10.0 Å². The van der Waals surface area contributed by atoms with E-state index in [4.69, 9.17) is 23.8 Å². The zero-order chi connectivity index (χ0) is 20.2. The minimum Gasteiger partial charge on any atom is -0.332 e. The van der Waals surface area contributed by atoms with Crippen LogP contribution in [0.25, 0.3) is 0 Å². The fourth-order valence-electron chi connectivity index (χ4n) is 2.67. The van der Waals surface area contributed by atoms with Gasteiger partial charge in [0.05, 0.1) is 5.69 Å². The summed E-state index contributed by atoms with van der Waals surface area (Å²) in [5, 5.41) is 7.01. The highest BCUT2D eigenvalue weighted by Crippen LogP contribution is 2.27. The van der Waals surface area contributed by atoms with E-state index in [1.807, 2.05) is 45.9 Å². The Kier molecular flexibility index (Phi) is 7.22. The summed E-state index contributed by atoms with van der Waals surface area (Å²) >= 11 is 11.5. The van der Waals surface area contributed by atoms with Crippen molar-refractivity contribution < 1.29 is 8.42 Å². The summed E-state index contributed by atoms with van der Waals surface area (Å²) in [6.07, 6.45) is 0. The van der Waals surface area contributed by atoms with E-state index in [-0.39, 0.29) is 4.90 Å². The molecule has 2 rings (SSSR count). The highest BCUT2D eigenvalue weighted by atomic mass is 35.5. The molecule has 0 atom stereocenters. The van der Waals surface area contributed by atoms with E-state index in [2.05, 4.69) is 10.6 Å². The highest BCUT2D eigenvalue weighted by Gasteiger charge is 2.25. The van der Waals surface area contributed by atoms with Crippen molar-refractivity contribution >= 4 is 50.3 Å². The average Bonchev–Trinajstić information content (AvgIpc) is 2.61. The summed E-state index contributed by atoms with van der Waals surface area (Å²) in [7, 11) is -3.63. The lowest BCUT2D eigenvalue weighted by Gasteiger charge is -2.22. The minimum absolute atomic E-state index is 0.207. The van der Waals surface area contributed by atoms with Gasteiger partial charge < -0.3 is 10.6 Å². The number of anilines is 2. The number of nitrogens with zero attached hydrogens (tertiary/aromatic N) is 1. The van der Waals surface area contributed by atoms with Gasteiger partial charge in [-0.3, -0.25) is 0 Å². The van der Waals surface area contributed by atoms with Crippen molar-refractivity contribution in [3.05, 3.63) is 52.5 Å². The van der Waals surface area contributed by atoms with E-state index >= 15 is 0 Å². The predicted molar refractivity (Wildman–Crippen MR) is 117 cm³/mol. The van der Waals surface area contributed by atoms with Crippen LogP contribution in [0.15, 0.2) is 41.3 Å². The van der Waals surface area contributed by atoms with E-state index in [0.717, 1.165) is 16.8 Å². The van der Waals surface area contributed by atoms with Crippen LogP contribution >= 0.6 is 23.8 Å². The zero-order valence-corrected chi connectivity index (χ0v) is 18.2. The fourth-order valence-corrected chi connectivity index (χ4v) is 4.75. The topological polar surface area (TPSA) is 61.4 Å². The number of sulfonamides is 1. The van der Waals surface area contributed by atoms with Crippen molar-refractivity contribution in [1.29, 1.82) is 0 Å². The molecule has 0 saturated carbocycles. The van der Waals surface area contributed by atoms with Crippen molar-refractivity contribution in [1.82, 2.24) is 4.31 Å². The Morgan fingerprint density at radius 1 is 1.07 bits per heavy atom. The van der Waals surface area contributed by atoms with Gasteiger partial charge in [-0.05, 0) is 61.5 Å². The van der Waals surface area contributed by atoms with Gasteiger partial charge in [-0.25, -0.2) is 8.42 Å². The van der Waals surface area contributed by atoms with Crippen molar-refractivity contribution in [2.75, 3.05) is 23.7 Å². The molecule has 5 nitrogen and oxygen atoms in total. The molecule has 0 unspecified atom stereocenters. The van der Waals surface area contributed by atoms with Crippen LogP contribution in [0.5, 0.6) is 0 Å². The second-order valence-electron chi connectivity index (χ2n) is 6.08. The first-order chi connectivity index (χ1) is 12.7. The largest absolute Gasteiger partial charge is 0.332 e. The maximum atomic E-state index is 13.0. The average molecular weight is 426 g/mol. The quantitative estimate of drug-likeness (QED) is 0.651. The lowest BCUT2D eigenvalue weighted by molar-refractivity contribution is 0.445. The molecule has 0 fully saturated rings. The zero-order valence-electron chi connectivity index (χ0n) is 15.8. The van der Waals surface area contributed by atoms with Gasteiger partial charge in [-0.1, -0.05) is 37.6 Å². The summed E-state index contributed by atoms with van der Waals surface area (Å²) in [4.78, 5) is 0.207. The van der Waals surface area contributed by atoms with Crippen molar-refractivity contribution in [3.63, 3.8) is 0 Å². The van der Waals surface area contributed by atoms with Crippen LogP contribution in [0.3, 0.4) is 0 Å². The molecule has 0 spiro atoms. The van der Waals surface area contributed by atoms with Crippen LogP contribution in [0.2, 0.25) is 5.02 Å². The molecular weight excluding hydrogens is 402 g/mol. The van der Waals surface area contributed by atoms with E-state index < -0.39 is 10.0 Å². The molecule has 8 heteroatoms. The molecule has 0 saturated heterocycles. The Morgan fingerprint density at radius 3 is 2.33 bits per heavy atom. The summed E-state index contributed by atoms with van der Waals surface area (Å²) < 4.78 is 27.4. The molecule has 0 amide bonds. The number of halogens is 1. The Bertz CT molecular complexity index is 942. The first-order valence-electron chi connectivity index (χ1n) is 8.64. The van der Waals surface area contributed by atoms with Gasteiger partial charge in [-0.2, -0.15) is 4.31 Å². The smallest absolute Gasteiger partial charge is 0.245 e. The fraction of sp³-hybridized carbons (Fsp3) is 0.316. The number of aryl methyl sites for hydroxylation is 1. The second-order valence-corrected chi connectivity index (χ2v) is 8.80. The van der Waals surface area contributed by atoms with Gasteiger partial charge in [0.1, 0.15) is 4.90 Å². The lowest BCUT2D eigenvalue weighted by Crippen LogP contribution is -2.32. The Hall–Kier alpha value is -1.67. The predicted octanol–water partition coefficient (Wildman–Crippen LogP) is 4.80. The molecule has 2 aromatic rings. The van der Waals surface area contributed by atoms with Gasteiger partial charge in [0.25, 0.3) is 0 Å². The minimum atomic E-state index is -3.63. The molecular formula is C19H24ClN3O2S2. The maximum Gasteiger partial charge on any atom is 0.245 e. The third-order valence-corrected chi connectivity index (χ3v) is 6.93. The monoisotopic (exact) mass is 425 g/mol. The Labute approximate surface area is 171 Å². The highest BCUT2D eigenvalue weighted by molar-refractivity contribution is 7.89. The number of hydrogen-bond donors (Lipinski definition) is 2. The summed E-state index contributed by atoms with van der Waals surface area (Å²) in [6.45, 7) is 8.18. The van der Waals surface area contributed by atoms with Crippen LogP contribution in [0, 0.1) is 13.8 Å². The van der Waals surface area contributed by atoms with Crippen LogP contribution < -0.4 is 10.6 Å². The summed E-state index contributed by atoms with van der Waals surface area (Å²) in [6, 6.07) is 10.7. The van der Waals surface area contributed by atoms with Crippen molar-refractivity contribution in [2.24, 2.45) is 0 Å². The normalized spacial score (nSPS) is 11.5. The molecule has 0 bridgehead atoms. The van der Waals surface area contributed by atoms with E-state index in [9.17, 15) is 8.42 Å². The summed E-state index contributed by atoms with van der Waals surface area (Å²) in [5.41, 5.74) is 2.92. The first kappa shape index (κ1) is 21.6. The first-order valence-corrected chi connectivity index (χ1v) is 10.9. The molecule has 27 heavy (non-hydrogen) atoms. The van der Waals surface area contributed by atoms with Crippen LogP contribution in [0.4, 0.5) is 11.4 Å². The number of hydrogen-bond acceptors (Lipinski definition) is 3. The number of benzene rings is 2. The molecule has 0 aliphatic heterocycles. The third-order valence-electron chi connectivity index (χ3n) is 4.22. The summed E-state index contributed by atoms with van der Waals surface area (Å²) in [5.74, 6) is 0. The number of thiocarbonyl (C=S) groups is 1. The molecule has 0 aliphatic carbocycles. The molecule has 0 heterocycles. The van der Waals surface area contributed by atoms with E-state index in [1.54, 1.807) is 18.2 Å². The maximum absolute atomic E-state index is 13.0. The third kappa shape index (κ3) is 4.99. The number of rotatable bonds is 6. The number of nitrogens with one attached hydrogen (secondary N) is 2. The second kappa shape index (κ2) is 9.01. The Morgan fingerprint density at radius 2 is 1.70 bits per heavy atom. The van der Waals surface area contributed by atoms with E-state index in [1.165, 1.54) is 4.31 Å². The van der Waals surface area contributed by atoms with Gasteiger partial charge in [0, 0.05) is 23.8 Å². The molecule has 146 valence electrons. The van der Waals surface area contributed by atoms with Crippen molar-refractivity contribution in [3.8, 4) is 0 Å².